The molecule has 1 unspecified atom stereocenters. The standard InChI is InChI=1S/C19H28N2O2S.C2HF3O2/c1-3-12-20-13-4-10-19(20)11-5-14-21(16-19)24(22,23)15-18-8-6-17(2)7-9-18;3-2(4,5)1(6)7/h3,6-9H,1,4-5,10-16H2,2H3;(H,6,7). The number of rotatable bonds is 5. The number of aryl methyl sites for hydroxylation is 1. The Bertz CT molecular complexity index is 872. The number of hydrogen-bond acceptors (Lipinski definition) is 4. The Morgan fingerprint density at radius 2 is 1.74 bits per heavy atom. The number of likely N-dealkylation sites (tertiary alicyclic amines) is 1. The Morgan fingerprint density at radius 3 is 2.26 bits per heavy atom. The second-order valence-corrected chi connectivity index (χ2v) is 10.0. The van der Waals surface area contributed by atoms with Crippen LogP contribution in [0.15, 0.2) is 36.9 Å². The largest absolute Gasteiger partial charge is 0.490 e. The lowest BCUT2D eigenvalue weighted by atomic mass is 9.87. The molecule has 1 aromatic rings. The van der Waals surface area contributed by atoms with Crippen molar-refractivity contribution in [2.75, 3.05) is 26.2 Å². The van der Waals surface area contributed by atoms with Crippen LogP contribution in [0.4, 0.5) is 13.2 Å². The first kappa shape index (κ1) is 25.4. The molecule has 1 atom stereocenters. The molecule has 2 aliphatic heterocycles. The van der Waals surface area contributed by atoms with E-state index in [1.807, 2.05) is 37.3 Å². The van der Waals surface area contributed by atoms with Crippen LogP contribution < -0.4 is 0 Å². The maximum absolute atomic E-state index is 12.9. The fourth-order valence-electron chi connectivity index (χ4n) is 4.19. The first-order chi connectivity index (χ1) is 14.4. The predicted molar refractivity (Wildman–Crippen MR) is 112 cm³/mol. The SMILES string of the molecule is C=CCN1CCCC12CCCN(S(=O)(=O)Cc1ccc(C)cc1)C2.O=C(O)C(F)(F)F. The highest BCUT2D eigenvalue weighted by molar-refractivity contribution is 7.88. The van der Waals surface area contributed by atoms with E-state index in [4.69, 9.17) is 9.90 Å². The summed E-state index contributed by atoms with van der Waals surface area (Å²) in [7, 11) is -3.27. The van der Waals surface area contributed by atoms with Gasteiger partial charge in [0.2, 0.25) is 10.0 Å². The third-order valence-corrected chi connectivity index (χ3v) is 7.51. The van der Waals surface area contributed by atoms with Crippen molar-refractivity contribution in [2.45, 2.75) is 50.1 Å². The molecule has 0 bridgehead atoms. The zero-order chi connectivity index (χ0) is 23.3. The van der Waals surface area contributed by atoms with Gasteiger partial charge in [0, 0.05) is 25.2 Å². The van der Waals surface area contributed by atoms with E-state index in [9.17, 15) is 21.6 Å². The molecule has 2 saturated heterocycles. The van der Waals surface area contributed by atoms with E-state index < -0.39 is 22.2 Å². The van der Waals surface area contributed by atoms with Gasteiger partial charge in [0.05, 0.1) is 5.75 Å². The Labute approximate surface area is 181 Å². The molecule has 2 fully saturated rings. The molecule has 1 spiro atoms. The van der Waals surface area contributed by atoms with Gasteiger partial charge in [0.15, 0.2) is 0 Å². The lowest BCUT2D eigenvalue weighted by Gasteiger charge is -2.45. The van der Waals surface area contributed by atoms with Gasteiger partial charge in [0.1, 0.15) is 0 Å². The van der Waals surface area contributed by atoms with Crippen LogP contribution in [0.5, 0.6) is 0 Å². The Kier molecular flexibility index (Phi) is 8.29. The smallest absolute Gasteiger partial charge is 0.475 e. The van der Waals surface area contributed by atoms with Crippen molar-refractivity contribution >= 4 is 16.0 Å². The molecular weight excluding hydrogens is 433 g/mol. The monoisotopic (exact) mass is 462 g/mol. The number of sulfonamides is 1. The number of halogens is 3. The van der Waals surface area contributed by atoms with Gasteiger partial charge in [-0.3, -0.25) is 4.90 Å². The minimum absolute atomic E-state index is 0.0206. The zero-order valence-corrected chi connectivity index (χ0v) is 18.4. The molecule has 31 heavy (non-hydrogen) atoms. The fraction of sp³-hybridized carbons (Fsp3) is 0.571. The summed E-state index contributed by atoms with van der Waals surface area (Å²) in [5.41, 5.74) is 2.04. The van der Waals surface area contributed by atoms with E-state index in [1.165, 1.54) is 0 Å². The van der Waals surface area contributed by atoms with Crippen molar-refractivity contribution in [3.05, 3.63) is 48.0 Å². The number of carbonyl (C=O) groups is 1. The van der Waals surface area contributed by atoms with E-state index >= 15 is 0 Å². The Morgan fingerprint density at radius 1 is 1.19 bits per heavy atom. The lowest BCUT2D eigenvalue weighted by Crippen LogP contribution is -2.56. The number of hydrogen-bond donors (Lipinski definition) is 1. The highest BCUT2D eigenvalue weighted by Crippen LogP contribution is 2.38. The third-order valence-electron chi connectivity index (χ3n) is 5.72. The van der Waals surface area contributed by atoms with E-state index in [0.29, 0.717) is 13.1 Å². The van der Waals surface area contributed by atoms with Crippen molar-refractivity contribution in [3.63, 3.8) is 0 Å². The first-order valence-electron chi connectivity index (χ1n) is 10.1. The summed E-state index contributed by atoms with van der Waals surface area (Å²) in [6, 6.07) is 7.80. The summed E-state index contributed by atoms with van der Waals surface area (Å²) >= 11 is 0. The number of benzene rings is 1. The molecule has 0 radical (unpaired) electrons. The molecule has 2 heterocycles. The van der Waals surface area contributed by atoms with Gasteiger partial charge < -0.3 is 5.11 Å². The second-order valence-electron chi connectivity index (χ2n) is 8.04. The van der Waals surface area contributed by atoms with Crippen molar-refractivity contribution in [1.82, 2.24) is 9.21 Å². The summed E-state index contributed by atoms with van der Waals surface area (Å²) in [6.45, 7) is 9.07. The summed E-state index contributed by atoms with van der Waals surface area (Å²) in [5, 5.41) is 7.12. The summed E-state index contributed by atoms with van der Waals surface area (Å²) in [5.74, 6) is -2.65. The van der Waals surface area contributed by atoms with Gasteiger partial charge in [-0.25, -0.2) is 13.2 Å². The highest BCUT2D eigenvalue weighted by Gasteiger charge is 2.45. The van der Waals surface area contributed by atoms with Crippen LogP contribution in [-0.4, -0.2) is 66.6 Å². The molecule has 1 N–H and O–H groups in total. The molecule has 174 valence electrons. The van der Waals surface area contributed by atoms with Crippen LogP contribution in [0.25, 0.3) is 0 Å². The number of piperidine rings is 1. The lowest BCUT2D eigenvalue weighted by molar-refractivity contribution is -0.192. The van der Waals surface area contributed by atoms with E-state index in [2.05, 4.69) is 11.5 Å². The maximum Gasteiger partial charge on any atom is 0.490 e. The molecule has 0 saturated carbocycles. The number of aliphatic carboxylic acids is 1. The highest BCUT2D eigenvalue weighted by atomic mass is 32.2. The van der Waals surface area contributed by atoms with Crippen LogP contribution >= 0.6 is 0 Å². The first-order valence-corrected chi connectivity index (χ1v) is 11.7. The molecule has 6 nitrogen and oxygen atoms in total. The number of alkyl halides is 3. The van der Waals surface area contributed by atoms with Gasteiger partial charge >= 0.3 is 12.1 Å². The summed E-state index contributed by atoms with van der Waals surface area (Å²) in [4.78, 5) is 11.3. The van der Waals surface area contributed by atoms with Gasteiger partial charge in [-0.05, 0) is 44.7 Å². The van der Waals surface area contributed by atoms with Crippen LogP contribution in [0.1, 0.15) is 36.8 Å². The van der Waals surface area contributed by atoms with Gasteiger partial charge in [-0.15, -0.1) is 6.58 Å². The molecule has 0 amide bonds. The topological polar surface area (TPSA) is 77.9 Å². The molecule has 10 heteroatoms. The van der Waals surface area contributed by atoms with Crippen LogP contribution in [0.2, 0.25) is 0 Å². The van der Waals surface area contributed by atoms with Gasteiger partial charge in [-0.1, -0.05) is 35.9 Å². The Hall–Kier alpha value is -1.91. The van der Waals surface area contributed by atoms with Gasteiger partial charge in [-0.2, -0.15) is 17.5 Å². The van der Waals surface area contributed by atoms with Gasteiger partial charge in [0.25, 0.3) is 0 Å². The Balaban J connectivity index is 0.000000423. The van der Waals surface area contributed by atoms with Crippen molar-refractivity contribution < 1.29 is 31.5 Å². The molecule has 1 aromatic carbocycles. The van der Waals surface area contributed by atoms with Crippen LogP contribution in [-0.2, 0) is 20.6 Å². The minimum atomic E-state index is -5.08. The summed E-state index contributed by atoms with van der Waals surface area (Å²) in [6.07, 6.45) is 1.14. The number of carboxylic acid groups (broad SMARTS) is 1. The second kappa shape index (κ2) is 10.1. The minimum Gasteiger partial charge on any atom is -0.475 e. The zero-order valence-electron chi connectivity index (χ0n) is 17.6. The fourth-order valence-corrected chi connectivity index (χ4v) is 5.83. The maximum atomic E-state index is 12.9. The molecule has 0 aliphatic carbocycles. The van der Waals surface area contributed by atoms with Crippen molar-refractivity contribution in [1.29, 1.82) is 0 Å². The van der Waals surface area contributed by atoms with E-state index in [1.54, 1.807) is 4.31 Å². The van der Waals surface area contributed by atoms with E-state index in [-0.39, 0.29) is 11.3 Å². The van der Waals surface area contributed by atoms with Crippen molar-refractivity contribution in [3.8, 4) is 0 Å². The summed E-state index contributed by atoms with van der Waals surface area (Å²) < 4.78 is 59.3. The normalized spacial score (nSPS) is 22.7. The molecule has 2 aliphatic rings. The van der Waals surface area contributed by atoms with Crippen molar-refractivity contribution in [2.24, 2.45) is 0 Å². The molecular formula is C21H29F3N2O4S. The van der Waals surface area contributed by atoms with Crippen LogP contribution in [0, 0.1) is 6.92 Å². The number of nitrogens with zero attached hydrogens (tertiary/aromatic N) is 2. The average molecular weight is 463 g/mol. The quantitative estimate of drug-likeness (QED) is 0.677. The molecule has 3 rings (SSSR count). The predicted octanol–water partition coefficient (Wildman–Crippen LogP) is 3.57. The average Bonchev–Trinajstić information content (AvgIpc) is 3.05. The third kappa shape index (κ3) is 6.78. The number of carboxylic acids is 1. The molecule has 0 aromatic heterocycles. The van der Waals surface area contributed by atoms with Crippen LogP contribution in [0.3, 0.4) is 0 Å². The van der Waals surface area contributed by atoms with E-state index in [0.717, 1.165) is 49.9 Å².